The van der Waals surface area contributed by atoms with Gasteiger partial charge in [-0.2, -0.15) is 4.99 Å². The zero-order chi connectivity index (χ0) is 17.6. The van der Waals surface area contributed by atoms with Gasteiger partial charge in [0.05, 0.1) is 5.16 Å². The molecule has 0 saturated carbocycles. The van der Waals surface area contributed by atoms with Crippen molar-refractivity contribution in [3.05, 3.63) is 89.2 Å². The first-order valence-electron chi connectivity index (χ1n) is 7.72. The summed E-state index contributed by atoms with van der Waals surface area (Å²) in [5.74, 6) is 5.86. The second-order valence-corrected chi connectivity index (χ2v) is 5.75. The van der Waals surface area contributed by atoms with Crippen LogP contribution in [0.4, 0.5) is 10.1 Å². The van der Waals surface area contributed by atoms with E-state index in [1.165, 1.54) is 11.6 Å². The number of rotatable bonds is 2. The number of thiocarbonyl (C=S) groups is 1. The van der Waals surface area contributed by atoms with Crippen LogP contribution in [-0.4, -0.2) is 5.16 Å². The summed E-state index contributed by atoms with van der Waals surface area (Å²) < 4.78 is 13.9. The molecule has 0 amide bonds. The average Bonchev–Trinajstić information content (AvgIpc) is 2.63. The van der Waals surface area contributed by atoms with Crippen LogP contribution in [0.2, 0.25) is 0 Å². The SMILES string of the molecule is Cc1ccc(C#Cc2ccc(-c3ccc(N=C=S)c(F)c3)cc2)cc1. The minimum absolute atomic E-state index is 0.194. The van der Waals surface area contributed by atoms with E-state index in [4.69, 9.17) is 0 Å². The van der Waals surface area contributed by atoms with Crippen LogP contribution in [0, 0.1) is 24.6 Å². The van der Waals surface area contributed by atoms with Crippen LogP contribution in [0.5, 0.6) is 0 Å². The van der Waals surface area contributed by atoms with Gasteiger partial charge in [-0.25, -0.2) is 4.39 Å². The van der Waals surface area contributed by atoms with E-state index in [0.29, 0.717) is 0 Å². The summed E-state index contributed by atoms with van der Waals surface area (Å²) in [5, 5.41) is 2.18. The van der Waals surface area contributed by atoms with Crippen molar-refractivity contribution >= 4 is 23.1 Å². The molecule has 0 unspecified atom stereocenters. The Hall–Kier alpha value is -3.05. The Morgan fingerprint density at radius 2 is 1.36 bits per heavy atom. The molecule has 0 atom stereocenters. The molecule has 0 heterocycles. The van der Waals surface area contributed by atoms with Crippen LogP contribution in [0.25, 0.3) is 11.1 Å². The molecular weight excluding hydrogens is 329 g/mol. The summed E-state index contributed by atoms with van der Waals surface area (Å²) in [6.45, 7) is 2.05. The first kappa shape index (κ1) is 16.8. The molecule has 3 rings (SSSR count). The van der Waals surface area contributed by atoms with Gasteiger partial charge < -0.3 is 0 Å². The van der Waals surface area contributed by atoms with Crippen LogP contribution < -0.4 is 0 Å². The Labute approximate surface area is 151 Å². The van der Waals surface area contributed by atoms with E-state index in [9.17, 15) is 4.39 Å². The first-order chi connectivity index (χ1) is 12.2. The number of hydrogen-bond acceptors (Lipinski definition) is 2. The van der Waals surface area contributed by atoms with Crippen molar-refractivity contribution in [2.24, 2.45) is 4.99 Å². The Kier molecular flexibility index (Phi) is 5.16. The quantitative estimate of drug-likeness (QED) is 0.319. The third-order valence-corrected chi connectivity index (χ3v) is 3.83. The van der Waals surface area contributed by atoms with Gasteiger partial charge in [-0.1, -0.05) is 47.7 Å². The number of nitrogens with zero attached hydrogens (tertiary/aromatic N) is 1. The van der Waals surface area contributed by atoms with Gasteiger partial charge in [0.15, 0.2) is 0 Å². The van der Waals surface area contributed by atoms with Crippen molar-refractivity contribution < 1.29 is 4.39 Å². The lowest BCUT2D eigenvalue weighted by Crippen LogP contribution is -1.83. The van der Waals surface area contributed by atoms with Crippen LogP contribution in [-0.2, 0) is 0 Å². The van der Waals surface area contributed by atoms with Gasteiger partial charge in [-0.3, -0.25) is 0 Å². The van der Waals surface area contributed by atoms with Crippen LogP contribution in [0.1, 0.15) is 16.7 Å². The number of halogens is 1. The number of benzene rings is 3. The van der Waals surface area contributed by atoms with Crippen molar-refractivity contribution in [2.45, 2.75) is 6.92 Å². The number of aliphatic imine (C=N–C) groups is 1. The summed E-state index contributed by atoms with van der Waals surface area (Å²) in [6, 6.07) is 20.6. The minimum Gasteiger partial charge on any atom is -0.205 e. The molecular formula is C22H14FNS. The smallest absolute Gasteiger partial charge is 0.150 e. The molecule has 0 radical (unpaired) electrons. The first-order valence-corrected chi connectivity index (χ1v) is 8.13. The van der Waals surface area contributed by atoms with Crippen molar-refractivity contribution in [3.63, 3.8) is 0 Å². The second-order valence-electron chi connectivity index (χ2n) is 5.56. The molecule has 120 valence electrons. The van der Waals surface area contributed by atoms with Crippen molar-refractivity contribution in [3.8, 4) is 23.0 Å². The highest BCUT2D eigenvalue weighted by Crippen LogP contribution is 2.25. The lowest BCUT2D eigenvalue weighted by Gasteiger charge is -2.03. The van der Waals surface area contributed by atoms with Gasteiger partial charge in [0, 0.05) is 11.1 Å². The normalized spacial score (nSPS) is 9.68. The van der Waals surface area contributed by atoms with E-state index >= 15 is 0 Å². The molecule has 0 aromatic heterocycles. The van der Waals surface area contributed by atoms with Gasteiger partial charge >= 0.3 is 0 Å². The van der Waals surface area contributed by atoms with Gasteiger partial charge in [-0.15, -0.1) is 0 Å². The maximum absolute atomic E-state index is 13.9. The minimum atomic E-state index is -0.418. The van der Waals surface area contributed by atoms with Crippen LogP contribution >= 0.6 is 12.2 Å². The molecule has 0 saturated heterocycles. The van der Waals surface area contributed by atoms with Crippen molar-refractivity contribution in [2.75, 3.05) is 0 Å². The molecule has 1 nitrogen and oxygen atoms in total. The number of aryl methyl sites for hydroxylation is 1. The molecule has 3 aromatic carbocycles. The summed E-state index contributed by atoms with van der Waals surface area (Å²) in [6.07, 6.45) is 0. The Balaban J connectivity index is 1.82. The molecule has 0 bridgehead atoms. The molecule has 0 aliphatic carbocycles. The van der Waals surface area contributed by atoms with Crippen molar-refractivity contribution in [1.82, 2.24) is 0 Å². The van der Waals surface area contributed by atoms with E-state index in [0.717, 1.165) is 22.3 Å². The standard InChI is InChI=1S/C22H14FNS/c1-16-2-4-17(5-3-16)6-7-18-8-10-19(11-9-18)20-12-13-22(24-15-25)21(23)14-20/h2-5,8-14H,1H3. The Bertz CT molecular complexity index is 1000. The van der Waals surface area contributed by atoms with E-state index in [2.05, 4.69) is 34.2 Å². The van der Waals surface area contributed by atoms with Crippen LogP contribution in [0.3, 0.4) is 0 Å². The fourth-order valence-corrected chi connectivity index (χ4v) is 2.45. The van der Waals surface area contributed by atoms with E-state index < -0.39 is 5.82 Å². The zero-order valence-corrected chi connectivity index (χ0v) is 14.4. The monoisotopic (exact) mass is 343 g/mol. The molecule has 0 fully saturated rings. The molecule has 0 N–H and O–H groups in total. The predicted octanol–water partition coefficient (Wildman–Crippen LogP) is 5.94. The van der Waals surface area contributed by atoms with Gasteiger partial charge in [-0.05, 0) is 66.7 Å². The average molecular weight is 343 g/mol. The largest absolute Gasteiger partial charge is 0.205 e. The lowest BCUT2D eigenvalue weighted by molar-refractivity contribution is 0.630. The molecule has 0 aliphatic heterocycles. The third-order valence-electron chi connectivity index (χ3n) is 3.73. The van der Waals surface area contributed by atoms with Crippen LogP contribution in [0.15, 0.2) is 71.7 Å². The number of hydrogen-bond donors (Lipinski definition) is 0. The third kappa shape index (κ3) is 4.28. The van der Waals surface area contributed by atoms with E-state index in [-0.39, 0.29) is 5.69 Å². The fourth-order valence-electron chi connectivity index (χ4n) is 2.35. The maximum Gasteiger partial charge on any atom is 0.150 e. The number of isothiocyanates is 1. The van der Waals surface area contributed by atoms with E-state index in [1.807, 2.05) is 61.5 Å². The predicted molar refractivity (Wildman–Crippen MR) is 104 cm³/mol. The molecule has 0 spiro atoms. The maximum atomic E-state index is 13.9. The highest BCUT2D eigenvalue weighted by atomic mass is 32.1. The van der Waals surface area contributed by atoms with Crippen molar-refractivity contribution in [1.29, 1.82) is 0 Å². The molecule has 0 aliphatic rings. The highest BCUT2D eigenvalue weighted by molar-refractivity contribution is 7.78. The Morgan fingerprint density at radius 3 is 1.92 bits per heavy atom. The topological polar surface area (TPSA) is 12.4 Å². The summed E-state index contributed by atoms with van der Waals surface area (Å²) >= 11 is 4.50. The van der Waals surface area contributed by atoms with Gasteiger partial charge in [0.2, 0.25) is 0 Å². The van der Waals surface area contributed by atoms with Gasteiger partial charge in [0.25, 0.3) is 0 Å². The second kappa shape index (κ2) is 7.68. The summed E-state index contributed by atoms with van der Waals surface area (Å²) in [4.78, 5) is 3.69. The van der Waals surface area contributed by atoms with E-state index in [1.54, 1.807) is 6.07 Å². The Morgan fingerprint density at radius 1 is 0.800 bits per heavy atom. The lowest BCUT2D eigenvalue weighted by atomic mass is 10.0. The zero-order valence-electron chi connectivity index (χ0n) is 13.6. The molecule has 3 heteroatoms. The summed E-state index contributed by atoms with van der Waals surface area (Å²) in [7, 11) is 0. The summed E-state index contributed by atoms with van der Waals surface area (Å²) in [5.41, 5.74) is 4.98. The van der Waals surface area contributed by atoms with Gasteiger partial charge in [0.1, 0.15) is 11.5 Å². The molecule has 3 aromatic rings. The highest BCUT2D eigenvalue weighted by Gasteiger charge is 2.04. The fraction of sp³-hybridized carbons (Fsp3) is 0.0455. The molecule has 25 heavy (non-hydrogen) atoms.